The fourth-order valence-corrected chi connectivity index (χ4v) is 1.60. The maximum Gasteiger partial charge on any atom is 0.0402 e. The molecule has 1 unspecified atom stereocenters. The van der Waals surface area contributed by atoms with Crippen molar-refractivity contribution in [3.63, 3.8) is 0 Å². The molecule has 0 radical (unpaired) electrons. The number of rotatable bonds is 5. The van der Waals surface area contributed by atoms with Gasteiger partial charge in [0.25, 0.3) is 0 Å². The lowest BCUT2D eigenvalue weighted by molar-refractivity contribution is 1.11. The van der Waals surface area contributed by atoms with Gasteiger partial charge in [-0.25, -0.2) is 0 Å². The van der Waals surface area contributed by atoms with Gasteiger partial charge in [-0.3, -0.25) is 0 Å². The van der Waals surface area contributed by atoms with Crippen molar-refractivity contribution >= 4 is 21.6 Å². The maximum atomic E-state index is 7.24. The summed E-state index contributed by atoms with van der Waals surface area (Å²) in [5.74, 6) is 0.643. The summed E-state index contributed by atoms with van der Waals surface area (Å²) in [4.78, 5) is 0. The third-order valence-corrected chi connectivity index (χ3v) is 2.42. The van der Waals surface area contributed by atoms with Gasteiger partial charge in [0.15, 0.2) is 0 Å². The highest BCUT2D eigenvalue weighted by atomic mass is 33.1. The Kier molecular flexibility index (Phi) is 4.28. The Balaban J connectivity index is 3.38. The van der Waals surface area contributed by atoms with Gasteiger partial charge in [-0.05, 0) is 6.40 Å². The van der Waals surface area contributed by atoms with Crippen LogP contribution < -0.4 is 5.73 Å². The van der Waals surface area contributed by atoms with Crippen LogP contribution in [0.25, 0.3) is 0 Å². The minimum atomic E-state index is -1.35. The van der Waals surface area contributed by atoms with Crippen LogP contribution in [0, 0.1) is 0 Å². The predicted molar refractivity (Wildman–Crippen MR) is 44.3 cm³/mol. The summed E-state index contributed by atoms with van der Waals surface area (Å²) >= 11 is 0. The van der Waals surface area contributed by atoms with Gasteiger partial charge < -0.3 is 5.73 Å². The molecule has 0 saturated carbocycles. The smallest absolute Gasteiger partial charge is 0.0402 e. The van der Waals surface area contributed by atoms with Crippen molar-refractivity contribution in [1.29, 1.82) is 0 Å². The van der Waals surface area contributed by atoms with Crippen molar-refractivity contribution in [2.75, 3.05) is 18.0 Å². The van der Waals surface area contributed by atoms with E-state index in [1.165, 1.54) is 10.8 Å². The summed E-state index contributed by atoms with van der Waals surface area (Å²) < 4.78 is 21.6. The zero-order valence-electron chi connectivity index (χ0n) is 7.89. The molecule has 0 spiro atoms. The second-order valence-electron chi connectivity index (χ2n) is 1.12. The Morgan fingerprint density at radius 3 is 2.88 bits per heavy atom. The number of hydrogen-bond acceptors (Lipinski definition) is 3. The van der Waals surface area contributed by atoms with Crippen LogP contribution in [0.1, 0.15) is 17.4 Å². The van der Waals surface area contributed by atoms with Crippen LogP contribution in [-0.2, 0) is 0 Å². The van der Waals surface area contributed by atoms with E-state index >= 15 is 0 Å². The van der Waals surface area contributed by atoms with Gasteiger partial charge >= 0.3 is 0 Å². The van der Waals surface area contributed by atoms with E-state index in [0.717, 1.165) is 10.8 Å². The Hall–Kier alpha value is 0.660. The van der Waals surface area contributed by atoms with Crippen LogP contribution in [0.3, 0.4) is 0 Å². The highest BCUT2D eigenvalue weighted by molar-refractivity contribution is 8.76. The average molecular weight is 154 g/mol. The zero-order valence-corrected chi connectivity index (χ0v) is 6.52. The Labute approximate surface area is 63.4 Å². The molecule has 0 aliphatic heterocycles. The van der Waals surface area contributed by atoms with E-state index < -0.39 is 5.70 Å². The number of nitrogens with two attached hydrogens (primary N) is 1. The van der Waals surface area contributed by atoms with Crippen LogP contribution in [0.2, 0.25) is 0 Å². The highest BCUT2D eigenvalue weighted by Gasteiger charge is 1.83. The van der Waals surface area contributed by atoms with Crippen molar-refractivity contribution in [3.8, 4) is 0 Å². The monoisotopic (exact) mass is 154 g/mol. The van der Waals surface area contributed by atoms with Crippen LogP contribution in [0.5, 0.6) is 0 Å². The van der Waals surface area contributed by atoms with Crippen molar-refractivity contribution in [2.24, 2.45) is 5.73 Å². The zero-order chi connectivity index (χ0) is 8.91. The van der Waals surface area contributed by atoms with Crippen molar-refractivity contribution in [2.45, 2.75) is 13.3 Å². The quantitative estimate of drug-likeness (QED) is 0.611. The molecule has 0 heterocycles. The Morgan fingerprint density at radius 1 is 1.62 bits per heavy atom. The first-order valence-electron chi connectivity index (χ1n) is 3.98. The first kappa shape index (κ1) is 4.47. The topological polar surface area (TPSA) is 26.0 Å². The first-order chi connectivity index (χ1) is 4.98. The minimum absolute atomic E-state index is 0.0248. The van der Waals surface area contributed by atoms with Crippen LogP contribution in [-0.4, -0.2) is 18.0 Å². The molecule has 0 aliphatic carbocycles. The third kappa shape index (κ3) is 6.66. The van der Waals surface area contributed by atoms with Gasteiger partial charge in [0.1, 0.15) is 0 Å². The summed E-state index contributed by atoms with van der Waals surface area (Å²) in [6.07, 6.45) is -0.138. The fraction of sp³-hybridized carbons (Fsp3) is 1.00. The molecule has 0 aliphatic rings. The average Bonchev–Trinajstić information content (AvgIpc) is 1.87. The molecule has 1 nitrogen and oxygen atoms in total. The fourth-order valence-electron chi connectivity index (χ4n) is 0.178. The van der Waals surface area contributed by atoms with E-state index in [9.17, 15) is 0 Å². The number of hydrogen-bond donors (Lipinski definition) is 1. The second kappa shape index (κ2) is 7.66. The second-order valence-corrected chi connectivity index (χ2v) is 3.36. The van der Waals surface area contributed by atoms with E-state index in [0.29, 0.717) is 5.75 Å². The molecule has 0 aromatic rings. The standard InChI is InChI=1S/C5H13NS2/c1-2-4-7-8-5-3-6/h2-6H2,1H3/i2D,5D2. The summed E-state index contributed by atoms with van der Waals surface area (Å²) in [5, 5.41) is 0. The Bertz CT molecular complexity index is 110. The van der Waals surface area contributed by atoms with E-state index in [4.69, 9.17) is 9.85 Å². The summed E-state index contributed by atoms with van der Waals surface area (Å²) in [7, 11) is 2.48. The highest BCUT2D eigenvalue weighted by Crippen LogP contribution is 2.20. The summed E-state index contributed by atoms with van der Waals surface area (Å²) in [5.41, 5.74) is 3.82. The SMILES string of the molecule is [2H]C(C)CSSC([2H])([2H])CN. The normalized spacial score (nSPS) is 21.0. The molecule has 0 aromatic heterocycles. The van der Waals surface area contributed by atoms with Gasteiger partial charge in [-0.2, -0.15) is 0 Å². The van der Waals surface area contributed by atoms with Gasteiger partial charge in [-0.15, -0.1) is 0 Å². The molecule has 0 aromatic carbocycles. The minimum Gasteiger partial charge on any atom is -0.330 e. The van der Waals surface area contributed by atoms with Gasteiger partial charge in [0.05, 0.1) is 0 Å². The lowest BCUT2D eigenvalue weighted by atomic mass is 10.6. The molecule has 0 bridgehead atoms. The largest absolute Gasteiger partial charge is 0.330 e. The molecular formula is C5H13NS2. The molecule has 1 atom stereocenters. The predicted octanol–water partition coefficient (Wildman–Crippen LogP) is 1.74. The molecule has 8 heavy (non-hydrogen) atoms. The molecule has 2 N–H and O–H groups in total. The van der Waals surface area contributed by atoms with Gasteiger partial charge in [0.2, 0.25) is 0 Å². The van der Waals surface area contributed by atoms with Crippen molar-refractivity contribution in [1.82, 2.24) is 0 Å². The maximum absolute atomic E-state index is 7.24. The van der Waals surface area contributed by atoms with E-state index in [1.807, 2.05) is 0 Å². The third-order valence-electron chi connectivity index (χ3n) is 0.436. The first-order valence-corrected chi connectivity index (χ1v) is 4.73. The van der Waals surface area contributed by atoms with Crippen LogP contribution in [0.15, 0.2) is 0 Å². The summed E-state index contributed by atoms with van der Waals surface area (Å²) in [6, 6.07) is 0. The van der Waals surface area contributed by atoms with E-state index in [-0.39, 0.29) is 12.9 Å². The van der Waals surface area contributed by atoms with Crippen molar-refractivity contribution < 1.29 is 4.11 Å². The van der Waals surface area contributed by atoms with Gasteiger partial charge in [-0.1, -0.05) is 28.5 Å². The van der Waals surface area contributed by atoms with Crippen LogP contribution in [0.4, 0.5) is 0 Å². The van der Waals surface area contributed by atoms with E-state index in [2.05, 4.69) is 0 Å². The summed E-state index contributed by atoms with van der Waals surface area (Å²) in [6.45, 7) is 1.81. The lowest BCUT2D eigenvalue weighted by Gasteiger charge is -1.93. The molecule has 0 fully saturated rings. The lowest BCUT2D eigenvalue weighted by Crippen LogP contribution is -1.99. The van der Waals surface area contributed by atoms with E-state index in [1.54, 1.807) is 6.92 Å². The van der Waals surface area contributed by atoms with Crippen LogP contribution >= 0.6 is 21.6 Å². The molecule has 3 heteroatoms. The molecule has 0 amide bonds. The Morgan fingerprint density at radius 2 is 2.38 bits per heavy atom. The molecule has 0 saturated heterocycles. The molecule has 50 valence electrons. The van der Waals surface area contributed by atoms with Crippen molar-refractivity contribution in [3.05, 3.63) is 0 Å². The molecule has 0 rings (SSSR count). The molecular weight excluding hydrogens is 138 g/mol. The van der Waals surface area contributed by atoms with Gasteiger partial charge in [0, 0.05) is 22.1 Å².